The van der Waals surface area contributed by atoms with E-state index >= 15 is 0 Å². The van der Waals surface area contributed by atoms with Gasteiger partial charge in [-0.05, 0) is 68.7 Å². The standard InChI is InChI=1S/C24H27F4N6PS/c1-33-13-11-18(17(25)15-33)31-21-8-4-7-20-23(36-24(26,27)28)19(32-34(20)21)6-5-12-29-16-9-10-22(30-14-16)35(2)3/h4,7-10,14,17-18,29,31H,11-13,15H2,1-3H3/t17-,18+/m0/s1. The van der Waals surface area contributed by atoms with Crippen LogP contribution in [0.2, 0.25) is 0 Å². The molecule has 4 rings (SSSR count). The third-order valence-corrected chi connectivity index (χ3v) is 7.72. The molecule has 0 aliphatic carbocycles. The van der Waals surface area contributed by atoms with Crippen LogP contribution >= 0.6 is 19.7 Å². The number of rotatable bonds is 6. The number of halogens is 4. The monoisotopic (exact) mass is 538 g/mol. The summed E-state index contributed by atoms with van der Waals surface area (Å²) in [5, 5.41) is 10.6. The Morgan fingerprint density at radius 3 is 2.69 bits per heavy atom. The van der Waals surface area contributed by atoms with Gasteiger partial charge in [-0.2, -0.15) is 18.3 Å². The van der Waals surface area contributed by atoms with Crippen LogP contribution in [0.4, 0.5) is 29.1 Å². The molecule has 0 aromatic carbocycles. The fraction of sp³-hybridized carbons (Fsp3) is 0.417. The smallest absolute Gasteiger partial charge is 0.373 e. The first-order chi connectivity index (χ1) is 17.1. The summed E-state index contributed by atoms with van der Waals surface area (Å²) in [5.74, 6) is 6.07. The zero-order valence-electron chi connectivity index (χ0n) is 20.1. The van der Waals surface area contributed by atoms with Crippen LogP contribution in [0.25, 0.3) is 5.52 Å². The van der Waals surface area contributed by atoms with Crippen LogP contribution < -0.4 is 16.1 Å². The molecule has 0 bridgehead atoms. The fourth-order valence-corrected chi connectivity index (χ4v) is 5.23. The molecule has 3 aromatic rings. The molecule has 36 heavy (non-hydrogen) atoms. The molecule has 192 valence electrons. The lowest BCUT2D eigenvalue weighted by atomic mass is 10.0. The molecule has 3 aromatic heterocycles. The minimum Gasteiger partial charge on any atom is -0.373 e. The molecular weight excluding hydrogens is 511 g/mol. The quantitative estimate of drug-likeness (QED) is 0.207. The van der Waals surface area contributed by atoms with Gasteiger partial charge in [0, 0.05) is 13.1 Å². The first-order valence-electron chi connectivity index (χ1n) is 11.3. The Morgan fingerprint density at radius 2 is 2.03 bits per heavy atom. The van der Waals surface area contributed by atoms with Crippen LogP contribution in [0, 0.1) is 11.8 Å². The number of nitrogens with one attached hydrogen (secondary N) is 2. The second-order valence-electron chi connectivity index (χ2n) is 8.71. The van der Waals surface area contributed by atoms with Crippen molar-refractivity contribution in [1.82, 2.24) is 19.5 Å². The minimum atomic E-state index is -4.51. The van der Waals surface area contributed by atoms with E-state index in [1.165, 1.54) is 4.52 Å². The molecule has 0 unspecified atom stereocenters. The van der Waals surface area contributed by atoms with Crippen molar-refractivity contribution in [1.29, 1.82) is 0 Å². The van der Waals surface area contributed by atoms with E-state index in [0.717, 1.165) is 17.7 Å². The lowest BCUT2D eigenvalue weighted by Gasteiger charge is -2.33. The Kier molecular flexibility index (Phi) is 8.28. The maximum absolute atomic E-state index is 14.6. The number of piperidine rings is 1. The predicted molar refractivity (Wildman–Crippen MR) is 140 cm³/mol. The molecule has 1 fully saturated rings. The molecule has 1 saturated heterocycles. The topological polar surface area (TPSA) is 57.5 Å². The third-order valence-electron chi connectivity index (χ3n) is 5.70. The highest BCUT2D eigenvalue weighted by molar-refractivity contribution is 8.00. The van der Waals surface area contributed by atoms with Gasteiger partial charge >= 0.3 is 5.51 Å². The summed E-state index contributed by atoms with van der Waals surface area (Å²) in [6.07, 6.45) is 1.19. The van der Waals surface area contributed by atoms with Crippen LogP contribution in [-0.4, -0.2) is 77.2 Å². The Labute approximate surface area is 213 Å². The lowest BCUT2D eigenvalue weighted by Crippen LogP contribution is -2.46. The number of likely N-dealkylation sites (tertiary alicyclic amines) is 1. The number of pyridine rings is 2. The number of aromatic nitrogens is 3. The summed E-state index contributed by atoms with van der Waals surface area (Å²) < 4.78 is 56.1. The van der Waals surface area contributed by atoms with E-state index < -0.39 is 17.7 Å². The summed E-state index contributed by atoms with van der Waals surface area (Å²) in [6.45, 7) is 5.46. The van der Waals surface area contributed by atoms with E-state index in [0.29, 0.717) is 18.8 Å². The number of nitrogens with zero attached hydrogens (tertiary/aromatic N) is 4. The first-order valence-corrected chi connectivity index (χ1v) is 14.4. The van der Waals surface area contributed by atoms with Gasteiger partial charge in [-0.25, -0.2) is 8.91 Å². The SMILES string of the molecule is CN1CC[C@@H](Nc2cccc3c(SC(F)(F)F)c(C#CCNc4ccc(P(C)C)nc4)nn23)[C@@H](F)C1. The molecule has 0 amide bonds. The molecule has 6 nitrogen and oxygen atoms in total. The maximum Gasteiger partial charge on any atom is 0.446 e. The van der Waals surface area contributed by atoms with Crippen LogP contribution in [0.3, 0.4) is 0 Å². The molecule has 4 heterocycles. The van der Waals surface area contributed by atoms with Crippen molar-refractivity contribution in [2.24, 2.45) is 0 Å². The maximum atomic E-state index is 14.6. The van der Waals surface area contributed by atoms with E-state index in [-0.39, 0.29) is 42.3 Å². The van der Waals surface area contributed by atoms with Gasteiger partial charge in [-0.15, -0.1) is 0 Å². The van der Waals surface area contributed by atoms with Crippen molar-refractivity contribution < 1.29 is 17.6 Å². The highest BCUT2D eigenvalue weighted by Gasteiger charge is 2.33. The van der Waals surface area contributed by atoms with Crippen LogP contribution in [0.1, 0.15) is 12.1 Å². The summed E-state index contributed by atoms with van der Waals surface area (Å²) in [7, 11) is 1.56. The normalized spacial score (nSPS) is 18.8. The van der Waals surface area contributed by atoms with Crippen molar-refractivity contribution >= 4 is 42.1 Å². The first kappa shape index (κ1) is 26.5. The molecule has 2 atom stereocenters. The molecule has 12 heteroatoms. The molecular formula is C24H27F4N6PS. The van der Waals surface area contributed by atoms with Crippen LogP contribution in [-0.2, 0) is 0 Å². The molecule has 2 N–H and O–H groups in total. The largest absolute Gasteiger partial charge is 0.446 e. The average molecular weight is 539 g/mol. The van der Waals surface area contributed by atoms with E-state index in [1.54, 1.807) is 24.4 Å². The zero-order valence-corrected chi connectivity index (χ0v) is 21.8. The van der Waals surface area contributed by atoms with Gasteiger partial charge in [0.05, 0.1) is 40.3 Å². The van der Waals surface area contributed by atoms with Crippen LogP contribution in [0.5, 0.6) is 0 Å². The number of alkyl halides is 4. The zero-order chi connectivity index (χ0) is 25.9. The highest BCUT2D eigenvalue weighted by Crippen LogP contribution is 2.41. The second-order valence-corrected chi connectivity index (χ2v) is 12.0. The summed E-state index contributed by atoms with van der Waals surface area (Å²) in [5.41, 5.74) is -2.42. The van der Waals surface area contributed by atoms with Gasteiger partial charge in [0.15, 0.2) is 0 Å². The molecule has 0 radical (unpaired) electrons. The minimum absolute atomic E-state index is 0.0182. The second kappa shape index (κ2) is 11.2. The van der Waals surface area contributed by atoms with Crippen molar-refractivity contribution in [3.05, 3.63) is 42.2 Å². The van der Waals surface area contributed by atoms with Crippen molar-refractivity contribution in [3.63, 3.8) is 0 Å². The number of fused-ring (bicyclic) bond motifs is 1. The summed E-state index contributed by atoms with van der Waals surface area (Å²) in [4.78, 5) is 6.23. The van der Waals surface area contributed by atoms with Crippen molar-refractivity contribution in [3.8, 4) is 11.8 Å². The number of hydrogen-bond donors (Lipinski definition) is 2. The average Bonchev–Trinajstić information content (AvgIpc) is 3.15. The van der Waals surface area contributed by atoms with E-state index in [4.69, 9.17) is 0 Å². The van der Waals surface area contributed by atoms with Gasteiger partial charge in [-0.1, -0.05) is 19.9 Å². The number of hydrogen-bond acceptors (Lipinski definition) is 6. The van der Waals surface area contributed by atoms with Gasteiger partial charge in [-0.3, -0.25) is 4.98 Å². The molecule has 1 aliphatic rings. The summed E-state index contributed by atoms with van der Waals surface area (Å²) in [6, 6.07) is 8.27. The predicted octanol–water partition coefficient (Wildman–Crippen LogP) is 4.63. The van der Waals surface area contributed by atoms with Gasteiger partial charge in [0.1, 0.15) is 17.7 Å². The van der Waals surface area contributed by atoms with Gasteiger partial charge in [0.25, 0.3) is 0 Å². The van der Waals surface area contributed by atoms with Crippen LogP contribution in [0.15, 0.2) is 41.4 Å². The Hall–Kier alpha value is -2.54. The summed E-state index contributed by atoms with van der Waals surface area (Å²) >= 11 is -0.245. The molecule has 1 aliphatic heterocycles. The van der Waals surface area contributed by atoms with E-state index in [2.05, 4.69) is 45.9 Å². The number of anilines is 2. The Morgan fingerprint density at radius 1 is 1.22 bits per heavy atom. The van der Waals surface area contributed by atoms with Crippen molar-refractivity contribution in [2.75, 3.05) is 50.6 Å². The lowest BCUT2D eigenvalue weighted by molar-refractivity contribution is -0.0327. The molecule has 0 spiro atoms. The molecule has 0 saturated carbocycles. The fourth-order valence-electron chi connectivity index (χ4n) is 3.89. The van der Waals surface area contributed by atoms with E-state index in [9.17, 15) is 17.6 Å². The van der Waals surface area contributed by atoms with Crippen molar-refractivity contribution in [2.45, 2.75) is 29.0 Å². The van der Waals surface area contributed by atoms with E-state index in [1.807, 2.05) is 24.1 Å². The number of thioether (sulfide) groups is 1. The third kappa shape index (κ3) is 6.61. The van der Waals surface area contributed by atoms with Gasteiger partial charge in [0.2, 0.25) is 0 Å². The Bertz CT molecular complexity index is 1250. The highest BCUT2D eigenvalue weighted by atomic mass is 32.2. The van der Waals surface area contributed by atoms with Gasteiger partial charge < -0.3 is 15.5 Å². The Balaban J connectivity index is 1.57.